The molecule has 1 aliphatic heterocycles. The first-order valence-electron chi connectivity index (χ1n) is 5.69. The zero-order valence-electron chi connectivity index (χ0n) is 9.69. The van der Waals surface area contributed by atoms with Gasteiger partial charge < -0.3 is 9.73 Å². The van der Waals surface area contributed by atoms with Gasteiger partial charge in [0.25, 0.3) is 0 Å². The smallest absolute Gasteiger partial charge is 0.216 e. The highest BCUT2D eigenvalue weighted by molar-refractivity contribution is 8.14. The molecule has 0 radical (unpaired) electrons. The first-order valence-corrected chi connectivity index (χ1v) is 6.67. The Morgan fingerprint density at radius 2 is 2.50 bits per heavy atom. The van der Waals surface area contributed by atoms with Crippen molar-refractivity contribution in [2.45, 2.75) is 39.3 Å². The second-order valence-electron chi connectivity index (χ2n) is 3.76. The number of nitrogens with zero attached hydrogens (tertiary/aromatic N) is 2. The predicted molar refractivity (Wildman–Crippen MR) is 66.7 cm³/mol. The average Bonchev–Trinajstić information content (AvgIpc) is 2.95. The number of hydrogen-bond donors (Lipinski definition) is 1. The highest BCUT2D eigenvalue weighted by Crippen LogP contribution is 2.16. The third-order valence-corrected chi connectivity index (χ3v) is 3.64. The Bertz CT molecular complexity index is 375. The maximum absolute atomic E-state index is 5.49. The van der Waals surface area contributed by atoms with Crippen molar-refractivity contribution in [3.8, 4) is 0 Å². The van der Waals surface area contributed by atoms with Crippen molar-refractivity contribution in [3.05, 3.63) is 17.8 Å². The van der Waals surface area contributed by atoms with E-state index in [0.717, 1.165) is 29.5 Å². The van der Waals surface area contributed by atoms with Gasteiger partial charge in [-0.2, -0.15) is 0 Å². The lowest BCUT2D eigenvalue weighted by Crippen LogP contribution is -2.25. The number of nitrogens with one attached hydrogen (secondary N) is 1. The van der Waals surface area contributed by atoms with E-state index < -0.39 is 0 Å². The summed E-state index contributed by atoms with van der Waals surface area (Å²) in [7, 11) is 0. The van der Waals surface area contributed by atoms with Gasteiger partial charge in [-0.15, -0.1) is 0 Å². The number of aliphatic imine (C=N–C) groups is 1. The third kappa shape index (κ3) is 2.78. The number of amidine groups is 1. The van der Waals surface area contributed by atoms with Gasteiger partial charge in [0.1, 0.15) is 12.3 Å². The summed E-state index contributed by atoms with van der Waals surface area (Å²) >= 11 is 1.78. The average molecular weight is 239 g/mol. The molecule has 1 aromatic heterocycles. The molecule has 1 saturated heterocycles. The van der Waals surface area contributed by atoms with Crippen LogP contribution in [0.4, 0.5) is 0 Å². The second-order valence-corrected chi connectivity index (χ2v) is 4.76. The molecule has 1 atom stereocenters. The van der Waals surface area contributed by atoms with Crippen LogP contribution in [0.25, 0.3) is 0 Å². The van der Waals surface area contributed by atoms with Crippen LogP contribution in [0.1, 0.15) is 31.9 Å². The Balaban J connectivity index is 1.89. The van der Waals surface area contributed by atoms with Crippen molar-refractivity contribution in [3.63, 3.8) is 0 Å². The van der Waals surface area contributed by atoms with E-state index in [1.807, 2.05) is 0 Å². The minimum Gasteiger partial charge on any atom is -0.444 e. The van der Waals surface area contributed by atoms with E-state index in [1.165, 1.54) is 0 Å². The largest absolute Gasteiger partial charge is 0.444 e. The molecule has 4 nitrogen and oxygen atoms in total. The first kappa shape index (κ1) is 11.5. The summed E-state index contributed by atoms with van der Waals surface area (Å²) < 4.78 is 5.49. The van der Waals surface area contributed by atoms with Crippen LogP contribution in [-0.2, 0) is 13.0 Å². The summed E-state index contributed by atoms with van der Waals surface area (Å²) in [6.45, 7) is 4.77. The lowest BCUT2D eigenvalue weighted by molar-refractivity contribution is 0.461. The number of thioether (sulfide) groups is 1. The van der Waals surface area contributed by atoms with Crippen molar-refractivity contribution >= 4 is 16.9 Å². The molecule has 2 rings (SSSR count). The molecular formula is C11H17N3OS. The molecule has 1 aliphatic rings. The van der Waals surface area contributed by atoms with Crippen LogP contribution in [-0.4, -0.2) is 21.9 Å². The number of aromatic nitrogens is 1. The monoisotopic (exact) mass is 239 g/mol. The van der Waals surface area contributed by atoms with Crippen LogP contribution in [0.3, 0.4) is 0 Å². The summed E-state index contributed by atoms with van der Waals surface area (Å²) in [6, 6.07) is 0.569. The Morgan fingerprint density at radius 1 is 1.62 bits per heavy atom. The Labute approximate surface area is 99.9 Å². The van der Waals surface area contributed by atoms with Crippen molar-refractivity contribution < 1.29 is 4.42 Å². The van der Waals surface area contributed by atoms with Gasteiger partial charge in [-0.1, -0.05) is 25.6 Å². The Hall–Kier alpha value is -0.970. The van der Waals surface area contributed by atoms with E-state index in [-0.39, 0.29) is 0 Å². The minimum atomic E-state index is 0.533. The van der Waals surface area contributed by atoms with Crippen molar-refractivity contribution in [1.29, 1.82) is 0 Å². The molecule has 0 aliphatic carbocycles. The van der Waals surface area contributed by atoms with Gasteiger partial charge in [0.05, 0.1) is 6.20 Å². The first-order chi connectivity index (χ1) is 7.81. The van der Waals surface area contributed by atoms with E-state index in [9.17, 15) is 0 Å². The van der Waals surface area contributed by atoms with Gasteiger partial charge >= 0.3 is 0 Å². The van der Waals surface area contributed by atoms with Gasteiger partial charge in [0.2, 0.25) is 5.89 Å². The van der Waals surface area contributed by atoms with E-state index in [4.69, 9.17) is 4.42 Å². The van der Waals surface area contributed by atoms with Crippen LogP contribution >= 0.6 is 11.8 Å². The molecule has 0 amide bonds. The third-order valence-electron chi connectivity index (χ3n) is 2.55. The van der Waals surface area contributed by atoms with Crippen molar-refractivity contribution in [1.82, 2.24) is 10.3 Å². The molecule has 0 saturated carbocycles. The molecule has 2 heterocycles. The minimum absolute atomic E-state index is 0.533. The summed E-state index contributed by atoms with van der Waals surface area (Å²) in [5.74, 6) is 2.74. The summed E-state index contributed by atoms with van der Waals surface area (Å²) in [5.41, 5.74) is 0. The highest BCUT2D eigenvalue weighted by Gasteiger charge is 2.17. The molecule has 1 N–H and O–H groups in total. The van der Waals surface area contributed by atoms with Crippen LogP contribution in [0, 0.1) is 0 Å². The molecule has 1 aromatic rings. The number of rotatable bonds is 4. The summed E-state index contributed by atoms with van der Waals surface area (Å²) in [4.78, 5) is 8.63. The zero-order valence-corrected chi connectivity index (χ0v) is 10.5. The lowest BCUT2D eigenvalue weighted by atomic mass is 10.3. The quantitative estimate of drug-likeness (QED) is 0.875. The van der Waals surface area contributed by atoms with Crippen LogP contribution in [0.15, 0.2) is 15.6 Å². The maximum atomic E-state index is 5.49. The van der Waals surface area contributed by atoms with Crippen LogP contribution < -0.4 is 5.32 Å². The van der Waals surface area contributed by atoms with Crippen LogP contribution in [0.2, 0.25) is 0 Å². The van der Waals surface area contributed by atoms with Gasteiger partial charge in [0.15, 0.2) is 5.17 Å². The summed E-state index contributed by atoms with van der Waals surface area (Å²) in [6.07, 6.45) is 3.80. The van der Waals surface area contributed by atoms with Gasteiger partial charge in [-0.25, -0.2) is 4.98 Å². The Morgan fingerprint density at radius 3 is 3.12 bits per heavy atom. The van der Waals surface area contributed by atoms with E-state index >= 15 is 0 Å². The molecule has 16 heavy (non-hydrogen) atoms. The lowest BCUT2D eigenvalue weighted by Gasteiger charge is -2.03. The number of aryl methyl sites for hydroxylation is 1. The van der Waals surface area contributed by atoms with Crippen LogP contribution in [0.5, 0.6) is 0 Å². The molecule has 5 heteroatoms. The fraction of sp³-hybridized carbons (Fsp3) is 0.636. The van der Waals surface area contributed by atoms with Gasteiger partial charge in [0, 0.05) is 18.2 Å². The molecular weight excluding hydrogens is 222 g/mol. The molecule has 0 spiro atoms. The molecule has 0 aromatic carbocycles. The predicted octanol–water partition coefficient (Wildman–Crippen LogP) is 2.21. The van der Waals surface area contributed by atoms with Crippen molar-refractivity contribution in [2.24, 2.45) is 4.99 Å². The van der Waals surface area contributed by atoms with Crippen molar-refractivity contribution in [2.75, 3.05) is 5.75 Å². The maximum Gasteiger partial charge on any atom is 0.216 e. The second kappa shape index (κ2) is 5.39. The molecule has 1 unspecified atom stereocenters. The van der Waals surface area contributed by atoms with E-state index in [0.29, 0.717) is 18.5 Å². The highest BCUT2D eigenvalue weighted by atomic mass is 32.2. The molecule has 88 valence electrons. The molecule has 1 fully saturated rings. The zero-order chi connectivity index (χ0) is 11.4. The Kier molecular flexibility index (Phi) is 3.88. The number of oxazole rings is 1. The SMILES string of the molecule is CCc1cnc(CN=C2NC(CC)CS2)o1. The summed E-state index contributed by atoms with van der Waals surface area (Å²) in [5, 5.41) is 4.39. The topological polar surface area (TPSA) is 50.4 Å². The van der Waals surface area contributed by atoms with Gasteiger partial charge in [-0.05, 0) is 6.42 Å². The number of hydrogen-bond acceptors (Lipinski definition) is 4. The normalized spacial score (nSPS) is 22.6. The fourth-order valence-corrected chi connectivity index (χ4v) is 2.56. The van der Waals surface area contributed by atoms with E-state index in [1.54, 1.807) is 18.0 Å². The molecule has 0 bridgehead atoms. The standard InChI is InChI=1S/C11H17N3OS/c1-3-8-7-16-11(14-8)13-6-10-12-5-9(4-2)15-10/h5,8H,3-4,6-7H2,1-2H3,(H,13,14). The van der Waals surface area contributed by atoms with Gasteiger partial charge in [-0.3, -0.25) is 4.99 Å². The van der Waals surface area contributed by atoms with E-state index in [2.05, 4.69) is 29.1 Å². The fourth-order valence-electron chi connectivity index (χ4n) is 1.47.